The summed E-state index contributed by atoms with van der Waals surface area (Å²) in [6.45, 7) is 0.0359. The Morgan fingerprint density at radius 1 is 0.641 bits per heavy atom. The van der Waals surface area contributed by atoms with Crippen molar-refractivity contribution in [1.29, 1.82) is 0 Å². The molecule has 0 aromatic heterocycles. The number of nitrogens with one attached hydrogen (secondary N) is 2. The van der Waals surface area contributed by atoms with Crippen molar-refractivity contribution in [3.05, 3.63) is 144 Å². The van der Waals surface area contributed by atoms with Gasteiger partial charge in [0, 0.05) is 12.3 Å². The normalized spacial score (nSPS) is 12.2. The number of amides is 2. The zero-order valence-corrected chi connectivity index (χ0v) is 21.3. The molecule has 2 amide bonds. The molecule has 0 saturated carbocycles. The highest BCUT2D eigenvalue weighted by Gasteiger charge is 2.34. The first kappa shape index (κ1) is 27.1. The maximum absolute atomic E-state index is 13.6. The van der Waals surface area contributed by atoms with Gasteiger partial charge in [0.25, 0.3) is 0 Å². The molecule has 0 fully saturated rings. The molecule has 0 radical (unpaired) electrons. The largest absolute Gasteiger partial charge is 0.480 e. The number of hydrogen-bond donors (Lipinski definition) is 3. The molecule has 2 atom stereocenters. The highest BCUT2D eigenvalue weighted by atomic mass is 16.5. The van der Waals surface area contributed by atoms with E-state index in [4.69, 9.17) is 4.74 Å². The predicted molar refractivity (Wildman–Crippen MR) is 148 cm³/mol. The zero-order chi connectivity index (χ0) is 27.5. The Balaban J connectivity index is 1.57. The Morgan fingerprint density at radius 2 is 1.10 bits per heavy atom. The van der Waals surface area contributed by atoms with Gasteiger partial charge in [-0.25, -0.2) is 9.59 Å². The lowest BCUT2D eigenvalue weighted by atomic mass is 9.84. The first-order valence-electron chi connectivity index (χ1n) is 12.7. The van der Waals surface area contributed by atoms with Crippen molar-refractivity contribution in [3.8, 4) is 0 Å². The molecule has 0 bridgehead atoms. The Bertz CT molecular complexity index is 1310. The fraction of sp³-hybridized carbons (Fsp3) is 0.156. The average molecular weight is 523 g/mol. The van der Waals surface area contributed by atoms with Crippen LogP contribution in [0, 0.1) is 0 Å². The van der Waals surface area contributed by atoms with Gasteiger partial charge in [0.2, 0.25) is 5.91 Å². The number of benzene rings is 4. The second-order valence-electron chi connectivity index (χ2n) is 9.07. The van der Waals surface area contributed by atoms with Crippen molar-refractivity contribution in [2.24, 2.45) is 0 Å². The van der Waals surface area contributed by atoms with E-state index in [1.165, 1.54) is 0 Å². The van der Waals surface area contributed by atoms with Crippen LogP contribution >= 0.6 is 0 Å². The third-order valence-corrected chi connectivity index (χ3v) is 6.32. The van der Waals surface area contributed by atoms with E-state index >= 15 is 0 Å². The van der Waals surface area contributed by atoms with Gasteiger partial charge in [-0.2, -0.15) is 0 Å². The molecule has 0 unspecified atom stereocenters. The van der Waals surface area contributed by atoms with Gasteiger partial charge in [-0.1, -0.05) is 121 Å². The van der Waals surface area contributed by atoms with Gasteiger partial charge < -0.3 is 20.5 Å². The maximum Gasteiger partial charge on any atom is 0.408 e. The number of aliphatic carboxylic acids is 1. The third-order valence-electron chi connectivity index (χ3n) is 6.32. The molecule has 4 aromatic rings. The topological polar surface area (TPSA) is 105 Å². The minimum absolute atomic E-state index is 0.0359. The van der Waals surface area contributed by atoms with E-state index in [2.05, 4.69) is 10.6 Å². The summed E-state index contributed by atoms with van der Waals surface area (Å²) >= 11 is 0. The Hall–Kier alpha value is -4.91. The summed E-state index contributed by atoms with van der Waals surface area (Å²) in [5.41, 5.74) is 3.09. The van der Waals surface area contributed by atoms with Crippen LogP contribution in [-0.2, 0) is 27.4 Å². The number of carbonyl (C=O) groups is 3. The number of carbonyl (C=O) groups excluding carboxylic acids is 2. The van der Waals surface area contributed by atoms with Crippen LogP contribution in [0.1, 0.15) is 28.2 Å². The molecule has 198 valence electrons. The number of rotatable bonds is 11. The van der Waals surface area contributed by atoms with Crippen LogP contribution in [-0.4, -0.2) is 35.2 Å². The molecule has 0 aliphatic rings. The van der Waals surface area contributed by atoms with Gasteiger partial charge in [0.1, 0.15) is 18.7 Å². The molecule has 7 nitrogen and oxygen atoms in total. The molecule has 3 N–H and O–H groups in total. The molecule has 39 heavy (non-hydrogen) atoms. The van der Waals surface area contributed by atoms with Crippen molar-refractivity contribution in [3.63, 3.8) is 0 Å². The van der Waals surface area contributed by atoms with Gasteiger partial charge in [0.05, 0.1) is 0 Å². The van der Waals surface area contributed by atoms with Gasteiger partial charge in [-0.05, 0) is 22.3 Å². The Labute approximate surface area is 227 Å². The summed E-state index contributed by atoms with van der Waals surface area (Å²) in [4.78, 5) is 38.8. The second kappa shape index (κ2) is 13.6. The standard InChI is InChI=1S/C32H30N2O5/c35-30(34-29(31(36)37)28(25-17-9-3-10-18-25)26-19-11-4-12-20-26)27(21-23-13-5-1-6-14-23)33-32(38)39-22-24-15-7-2-8-16-24/h1-20,27-29H,21-22H2,(H,33,38)(H,34,35)(H,36,37)/t27-,29-/m1/s1. The van der Waals surface area contributed by atoms with E-state index in [0.717, 1.165) is 22.3 Å². The van der Waals surface area contributed by atoms with Crippen molar-refractivity contribution in [1.82, 2.24) is 10.6 Å². The zero-order valence-electron chi connectivity index (χ0n) is 21.3. The summed E-state index contributed by atoms with van der Waals surface area (Å²) in [6, 6.07) is 34.4. The third kappa shape index (κ3) is 7.79. The summed E-state index contributed by atoms with van der Waals surface area (Å²) in [6.07, 6.45) is -0.620. The lowest BCUT2D eigenvalue weighted by molar-refractivity contribution is -0.142. The van der Waals surface area contributed by atoms with Gasteiger partial charge in [-0.15, -0.1) is 0 Å². The van der Waals surface area contributed by atoms with E-state index in [9.17, 15) is 19.5 Å². The van der Waals surface area contributed by atoms with Crippen LogP contribution in [0.25, 0.3) is 0 Å². The molecule has 0 aliphatic carbocycles. The number of alkyl carbamates (subject to hydrolysis) is 1. The molecule has 0 spiro atoms. The molecular formula is C32H30N2O5. The lowest BCUT2D eigenvalue weighted by Crippen LogP contribution is -2.54. The van der Waals surface area contributed by atoms with Gasteiger partial charge in [0.15, 0.2) is 0 Å². The monoisotopic (exact) mass is 522 g/mol. The highest BCUT2D eigenvalue weighted by Crippen LogP contribution is 2.28. The molecule has 0 aliphatic heterocycles. The molecule has 4 rings (SSSR count). The number of ether oxygens (including phenoxy) is 1. The molecular weight excluding hydrogens is 492 g/mol. The first-order valence-corrected chi connectivity index (χ1v) is 12.7. The molecule has 0 heterocycles. The highest BCUT2D eigenvalue weighted by molar-refractivity contribution is 5.90. The number of carboxylic acids is 1. The maximum atomic E-state index is 13.6. The summed E-state index contributed by atoms with van der Waals surface area (Å²) in [7, 11) is 0. The van der Waals surface area contributed by atoms with E-state index in [-0.39, 0.29) is 13.0 Å². The van der Waals surface area contributed by atoms with Gasteiger partial charge >= 0.3 is 12.1 Å². The van der Waals surface area contributed by atoms with E-state index in [1.807, 2.05) is 121 Å². The van der Waals surface area contributed by atoms with Crippen molar-refractivity contribution < 1.29 is 24.2 Å². The Kier molecular flexibility index (Phi) is 9.45. The SMILES string of the molecule is O=C(N[C@H](Cc1ccccc1)C(=O)N[C@@H](C(=O)O)C(c1ccccc1)c1ccccc1)OCc1ccccc1. The smallest absolute Gasteiger partial charge is 0.408 e. The van der Waals surface area contributed by atoms with Crippen LogP contribution < -0.4 is 10.6 Å². The van der Waals surface area contributed by atoms with Crippen LogP contribution in [0.15, 0.2) is 121 Å². The fourth-order valence-corrected chi connectivity index (χ4v) is 4.41. The predicted octanol–water partition coefficient (Wildman–Crippen LogP) is 4.93. The fourth-order valence-electron chi connectivity index (χ4n) is 4.41. The van der Waals surface area contributed by atoms with E-state index in [0.29, 0.717) is 0 Å². The quantitative estimate of drug-likeness (QED) is 0.259. The second-order valence-corrected chi connectivity index (χ2v) is 9.07. The summed E-state index contributed by atoms with van der Waals surface area (Å²) in [5, 5.41) is 15.6. The average Bonchev–Trinajstić information content (AvgIpc) is 2.97. The van der Waals surface area contributed by atoms with Crippen molar-refractivity contribution in [2.45, 2.75) is 31.0 Å². The molecule has 4 aromatic carbocycles. The minimum Gasteiger partial charge on any atom is -0.480 e. The van der Waals surface area contributed by atoms with E-state index in [1.54, 1.807) is 0 Å². The van der Waals surface area contributed by atoms with Gasteiger partial charge in [-0.3, -0.25) is 4.79 Å². The minimum atomic E-state index is -1.29. The number of hydrogen-bond acceptors (Lipinski definition) is 4. The van der Waals surface area contributed by atoms with Crippen LogP contribution in [0.3, 0.4) is 0 Å². The first-order chi connectivity index (χ1) is 19.0. The lowest BCUT2D eigenvalue weighted by Gasteiger charge is -2.28. The van der Waals surface area contributed by atoms with Crippen LogP contribution in [0.4, 0.5) is 4.79 Å². The van der Waals surface area contributed by atoms with Crippen molar-refractivity contribution in [2.75, 3.05) is 0 Å². The van der Waals surface area contributed by atoms with E-state index < -0.39 is 36.0 Å². The van der Waals surface area contributed by atoms with Crippen LogP contribution in [0.5, 0.6) is 0 Å². The summed E-state index contributed by atoms with van der Waals surface area (Å²) in [5.74, 6) is -2.47. The molecule has 7 heteroatoms. The van der Waals surface area contributed by atoms with Crippen LogP contribution in [0.2, 0.25) is 0 Å². The number of carboxylic acid groups (broad SMARTS) is 1. The Morgan fingerprint density at radius 3 is 1.59 bits per heavy atom. The molecule has 0 saturated heterocycles. The summed E-state index contributed by atoms with van der Waals surface area (Å²) < 4.78 is 5.34. The van der Waals surface area contributed by atoms with Crippen molar-refractivity contribution >= 4 is 18.0 Å².